The lowest BCUT2D eigenvalue weighted by molar-refractivity contribution is -0.346. The van der Waals surface area contributed by atoms with Crippen LogP contribution in [0.1, 0.15) is 142 Å². The highest BCUT2D eigenvalue weighted by Crippen LogP contribution is 2.64. The van der Waals surface area contributed by atoms with Crippen molar-refractivity contribution in [1.82, 2.24) is 16.0 Å². The quantitative estimate of drug-likeness (QED) is 0.0284. The van der Waals surface area contributed by atoms with E-state index < -0.39 is 137 Å². The summed E-state index contributed by atoms with van der Waals surface area (Å²) in [6.45, 7) is 15.0. The number of carbonyl (C=O) groups is 9. The minimum absolute atomic E-state index is 0.0236. The van der Waals surface area contributed by atoms with Crippen LogP contribution in [0, 0.1) is 16.7 Å². The predicted octanol–water partition coefficient (Wildman–Crippen LogP) is 4.41. The summed E-state index contributed by atoms with van der Waals surface area (Å²) >= 11 is 0. The third-order valence-corrected chi connectivity index (χ3v) is 16.9. The number of methoxy groups -OCH3 is 1. The van der Waals surface area contributed by atoms with Crippen molar-refractivity contribution in [1.29, 1.82) is 0 Å². The maximum Gasteiger partial charge on any atom is 0.408 e. The number of hydrogen-bond donors (Lipinski definition) is 6. The monoisotopic (exact) mass is 1220 g/mol. The number of nitrogens with one attached hydrogen (secondary N) is 3. The van der Waals surface area contributed by atoms with Crippen LogP contribution in [0.25, 0.3) is 0 Å². The number of esters is 4. The van der Waals surface area contributed by atoms with Crippen molar-refractivity contribution in [2.24, 2.45) is 16.7 Å². The normalized spacial score (nSPS) is 26.5. The molecule has 2 bridgehead atoms. The molecule has 3 amide bonds. The highest BCUT2D eigenvalue weighted by molar-refractivity contribution is 5.94. The van der Waals surface area contributed by atoms with Gasteiger partial charge in [-0.2, -0.15) is 0 Å². The summed E-state index contributed by atoms with van der Waals surface area (Å²) in [6, 6.07) is 13.3. The van der Waals surface area contributed by atoms with Crippen LogP contribution in [0.5, 0.6) is 0 Å². The van der Waals surface area contributed by atoms with Gasteiger partial charge in [-0.05, 0) is 96.1 Å². The molecule has 6 N–H and O–H groups in total. The summed E-state index contributed by atoms with van der Waals surface area (Å²) in [5.74, 6) is -7.80. The Hall–Kier alpha value is -6.67. The molecule has 3 unspecified atom stereocenters. The minimum atomic E-state index is -2.49. The molecule has 3 aliphatic carbocycles. The zero-order valence-electron chi connectivity index (χ0n) is 51.5. The molecule has 2 saturated carbocycles. The van der Waals surface area contributed by atoms with Gasteiger partial charge in [0, 0.05) is 58.1 Å². The van der Waals surface area contributed by atoms with E-state index in [1.54, 1.807) is 76.4 Å². The summed E-state index contributed by atoms with van der Waals surface area (Å²) < 4.78 is 51.9. The van der Waals surface area contributed by atoms with Gasteiger partial charge in [0.05, 0.1) is 68.7 Å². The number of alkyl carbamates (subject to hydrolysis) is 1. The van der Waals surface area contributed by atoms with Gasteiger partial charge in [-0.15, -0.1) is 0 Å². The lowest BCUT2D eigenvalue weighted by atomic mass is 9.44. The highest BCUT2D eigenvalue weighted by atomic mass is 16.6. The number of aliphatic hydroxyl groups is 3. The van der Waals surface area contributed by atoms with Gasteiger partial charge in [-0.1, -0.05) is 62.4 Å². The first-order chi connectivity index (χ1) is 41.0. The van der Waals surface area contributed by atoms with Crippen molar-refractivity contribution in [3.05, 3.63) is 82.9 Å². The van der Waals surface area contributed by atoms with Crippen LogP contribution in [0.2, 0.25) is 0 Å². The first kappa shape index (κ1) is 69.4. The van der Waals surface area contributed by atoms with Crippen molar-refractivity contribution in [3.8, 4) is 0 Å². The number of carbonyl (C=O) groups excluding carboxylic acids is 9. The van der Waals surface area contributed by atoms with E-state index in [0.29, 0.717) is 45.8 Å². The Morgan fingerprint density at radius 3 is 2.05 bits per heavy atom. The second-order valence-electron chi connectivity index (χ2n) is 24.4. The maximum absolute atomic E-state index is 15.3. The molecule has 87 heavy (non-hydrogen) atoms. The largest absolute Gasteiger partial charge is 0.455 e. The van der Waals surface area contributed by atoms with Gasteiger partial charge in [-0.25, -0.2) is 14.4 Å². The maximum atomic E-state index is 15.3. The SMILES string of the molecule is COCCOCCOCCC(=O)NCCCCC(NC(=O)CCCC(=O)OC(C(=O)OC1C[C@@]2(O)[C@@H](OC(=O)c3ccccc3)[C@@H]3[C@]4(OC(C)=O)CO[C@@H]4C[C@H](O)[C@@]3(C)C(=O)[C@H](O)C(=C1C)C2(C)C)[C@@H](NC(=O)OC(C)(C)C)c1ccccc1)C(C)=O. The first-order valence-electron chi connectivity index (χ1n) is 29.6. The van der Waals surface area contributed by atoms with Crippen LogP contribution in [0.3, 0.4) is 0 Å². The van der Waals surface area contributed by atoms with E-state index in [4.69, 9.17) is 42.6 Å². The van der Waals surface area contributed by atoms with E-state index in [-0.39, 0.29) is 79.3 Å². The second-order valence-corrected chi connectivity index (χ2v) is 24.4. The summed E-state index contributed by atoms with van der Waals surface area (Å²) in [6.07, 6.45) is -11.8. The molecule has 4 aliphatic rings. The topological polar surface area (TPSA) is 333 Å². The molecule has 12 atom stereocenters. The van der Waals surface area contributed by atoms with Crippen LogP contribution < -0.4 is 16.0 Å². The summed E-state index contributed by atoms with van der Waals surface area (Å²) in [7, 11) is 1.58. The molecule has 480 valence electrons. The van der Waals surface area contributed by atoms with Gasteiger partial charge in [0.25, 0.3) is 0 Å². The average Bonchev–Trinajstić information content (AvgIpc) is 0.680. The van der Waals surface area contributed by atoms with Crippen molar-refractivity contribution < 1.29 is 101 Å². The van der Waals surface area contributed by atoms with Crippen molar-refractivity contribution in [3.63, 3.8) is 0 Å². The Balaban J connectivity index is 1.25. The molecule has 24 heteroatoms. The number of rotatable bonds is 29. The molecular formula is C63H87N3O21. The van der Waals surface area contributed by atoms with Gasteiger partial charge in [-0.3, -0.25) is 28.8 Å². The van der Waals surface area contributed by atoms with Crippen LogP contribution in [0.15, 0.2) is 71.8 Å². The standard InChI is InChI=1S/C63H87N3O21/c1-37-43(35-63(78)55(85-56(75)41-22-15-12-16-23-41)53-61(9,54(74)51(73)49(37)60(63,7)8)44(69)34-45-62(53,36-82-45)86-39(3)68)83-57(76)52(50(40-20-13-11-14-21-40)66-58(77)87-59(4,5)6)84-48(72)26-19-25-47(71)65-42(38(2)67)24-17-18-28-64-46(70)27-29-80-32-33-81-31-30-79-10/h11-16,20-23,42-45,50-53,55,69,73,78H,17-19,24-36H2,1-10H3,(H,64,70)(H,65,71)(H,66,77)/t42?,43?,44-,45+,50-,51+,52?,53-,55-,61+,62-,63+/m0/s1. The minimum Gasteiger partial charge on any atom is -0.455 e. The number of ether oxygens (including phenoxy) is 9. The third-order valence-electron chi connectivity index (χ3n) is 16.9. The van der Waals surface area contributed by atoms with Crippen LogP contribution in [0.4, 0.5) is 4.79 Å². The molecule has 6 rings (SSSR count). The number of Topliss-reactive ketones (excluding diaryl/α,β-unsaturated/α-hetero) is 2. The number of fused-ring (bicyclic) bond motifs is 5. The Morgan fingerprint density at radius 2 is 1.44 bits per heavy atom. The molecular weight excluding hydrogens is 1130 g/mol. The molecule has 0 spiro atoms. The van der Waals surface area contributed by atoms with Crippen molar-refractivity contribution >= 4 is 53.4 Å². The molecule has 1 saturated heterocycles. The molecule has 1 aliphatic heterocycles. The van der Waals surface area contributed by atoms with E-state index in [1.807, 2.05) is 0 Å². The smallest absolute Gasteiger partial charge is 0.408 e. The van der Waals surface area contributed by atoms with Gasteiger partial charge in [0.1, 0.15) is 41.7 Å². The first-order valence-corrected chi connectivity index (χ1v) is 29.6. The van der Waals surface area contributed by atoms with Crippen molar-refractivity contribution in [2.75, 3.05) is 53.3 Å². The van der Waals surface area contributed by atoms with Gasteiger partial charge in [0.15, 0.2) is 17.2 Å². The van der Waals surface area contributed by atoms with E-state index >= 15 is 9.59 Å². The average molecular weight is 1220 g/mol. The highest BCUT2D eigenvalue weighted by Gasteiger charge is 2.78. The van der Waals surface area contributed by atoms with E-state index in [9.17, 15) is 48.9 Å². The van der Waals surface area contributed by atoms with E-state index in [1.165, 1.54) is 46.8 Å². The zero-order chi connectivity index (χ0) is 64.1. The number of unbranched alkanes of at least 4 members (excludes halogenated alkanes) is 1. The Labute approximate surface area is 507 Å². The molecule has 1 heterocycles. The summed E-state index contributed by atoms with van der Waals surface area (Å²) in [5, 5.41) is 46.6. The fraction of sp³-hybridized carbons (Fsp3) is 0.635. The molecule has 2 aromatic rings. The Kier molecular flexibility index (Phi) is 24.0. The molecule has 0 aromatic heterocycles. The molecule has 0 radical (unpaired) electrons. The van der Waals surface area contributed by atoms with Gasteiger partial charge < -0.3 is 73.9 Å². The molecule has 24 nitrogen and oxygen atoms in total. The number of ketones is 2. The number of hydrogen-bond acceptors (Lipinski definition) is 21. The predicted molar refractivity (Wildman–Crippen MR) is 309 cm³/mol. The fourth-order valence-electron chi connectivity index (χ4n) is 12.3. The van der Waals surface area contributed by atoms with Crippen LogP contribution >= 0.6 is 0 Å². The Morgan fingerprint density at radius 1 is 0.793 bits per heavy atom. The lowest BCUT2D eigenvalue weighted by Gasteiger charge is -2.67. The number of benzene rings is 2. The summed E-state index contributed by atoms with van der Waals surface area (Å²) in [5.41, 5.74) is -9.07. The number of aliphatic hydroxyl groups excluding tert-OH is 2. The third kappa shape index (κ3) is 16.5. The van der Waals surface area contributed by atoms with E-state index in [0.717, 1.165) is 6.92 Å². The molecule has 3 fully saturated rings. The lowest BCUT2D eigenvalue weighted by Crippen LogP contribution is -2.81. The fourth-order valence-corrected chi connectivity index (χ4v) is 12.3. The summed E-state index contributed by atoms with van der Waals surface area (Å²) in [4.78, 5) is 124. The second kappa shape index (κ2) is 30.0. The van der Waals surface area contributed by atoms with Gasteiger partial charge >= 0.3 is 30.0 Å². The zero-order valence-corrected chi connectivity index (χ0v) is 51.5. The van der Waals surface area contributed by atoms with E-state index in [2.05, 4.69) is 16.0 Å². The van der Waals surface area contributed by atoms with Crippen LogP contribution in [-0.4, -0.2) is 181 Å². The number of amides is 3. The van der Waals surface area contributed by atoms with Crippen LogP contribution in [-0.2, 0) is 76.2 Å². The van der Waals surface area contributed by atoms with Crippen molar-refractivity contribution in [2.45, 2.75) is 186 Å². The Bertz CT molecular complexity index is 2800. The molecule has 2 aromatic carbocycles. The van der Waals surface area contributed by atoms with Gasteiger partial charge in [0.2, 0.25) is 17.9 Å².